The van der Waals surface area contributed by atoms with Gasteiger partial charge in [-0.2, -0.15) is 4.98 Å². The van der Waals surface area contributed by atoms with Crippen LogP contribution < -0.4 is 0 Å². The van der Waals surface area contributed by atoms with E-state index in [2.05, 4.69) is 15.1 Å². The summed E-state index contributed by atoms with van der Waals surface area (Å²) in [4.78, 5) is 23.4. The van der Waals surface area contributed by atoms with E-state index in [4.69, 9.17) is 9.26 Å². The molecule has 3 aromatic rings. The lowest BCUT2D eigenvalue weighted by Gasteiger charge is -2.31. The number of aryl methyl sites for hydroxylation is 1. The van der Waals surface area contributed by atoms with Crippen molar-refractivity contribution in [1.29, 1.82) is 0 Å². The van der Waals surface area contributed by atoms with E-state index >= 15 is 0 Å². The van der Waals surface area contributed by atoms with E-state index in [1.165, 1.54) is 0 Å². The maximum Gasteiger partial charge on any atom is 0.255 e. The van der Waals surface area contributed by atoms with Crippen molar-refractivity contribution in [3.63, 3.8) is 0 Å². The Balaban J connectivity index is 1.29. The van der Waals surface area contributed by atoms with E-state index in [1.54, 1.807) is 6.20 Å². The fourth-order valence-electron chi connectivity index (χ4n) is 3.60. The Hall–Kier alpha value is -3.06. The average molecular weight is 406 g/mol. The van der Waals surface area contributed by atoms with Crippen LogP contribution >= 0.6 is 0 Å². The highest BCUT2D eigenvalue weighted by atomic mass is 16.5. The minimum atomic E-state index is 0.00116. The van der Waals surface area contributed by atoms with Gasteiger partial charge in [0.15, 0.2) is 5.82 Å². The van der Waals surface area contributed by atoms with Crippen LogP contribution in [0.4, 0.5) is 0 Å². The number of benzene rings is 1. The molecule has 1 aromatic carbocycles. The summed E-state index contributed by atoms with van der Waals surface area (Å²) in [5.41, 5.74) is 2.65. The number of nitrogens with zero attached hydrogens (tertiary/aromatic N) is 4. The van der Waals surface area contributed by atoms with Crippen LogP contribution in [-0.2, 0) is 17.8 Å². The Labute approximate surface area is 176 Å². The second kappa shape index (κ2) is 9.63. The smallest absolute Gasteiger partial charge is 0.255 e. The van der Waals surface area contributed by atoms with Crippen LogP contribution in [0.1, 0.15) is 52.1 Å². The summed E-state index contributed by atoms with van der Waals surface area (Å²) in [5.74, 6) is 1.31. The van der Waals surface area contributed by atoms with Crippen molar-refractivity contribution in [3.8, 4) is 0 Å². The van der Waals surface area contributed by atoms with Crippen molar-refractivity contribution in [2.45, 2.75) is 38.7 Å². The second-order valence-corrected chi connectivity index (χ2v) is 7.62. The van der Waals surface area contributed by atoms with E-state index in [0.29, 0.717) is 43.5 Å². The molecule has 7 nitrogen and oxygen atoms in total. The summed E-state index contributed by atoms with van der Waals surface area (Å²) in [6.45, 7) is 4.32. The van der Waals surface area contributed by atoms with E-state index in [1.807, 2.05) is 54.3 Å². The molecule has 1 unspecified atom stereocenters. The highest BCUT2D eigenvalue weighted by molar-refractivity contribution is 5.94. The molecule has 0 radical (unpaired) electrons. The number of hydrogen-bond donors (Lipinski definition) is 0. The maximum absolute atomic E-state index is 12.8. The van der Waals surface area contributed by atoms with Gasteiger partial charge in [-0.15, -0.1) is 0 Å². The van der Waals surface area contributed by atoms with Gasteiger partial charge in [0.2, 0.25) is 5.89 Å². The van der Waals surface area contributed by atoms with E-state index in [0.717, 1.165) is 30.6 Å². The van der Waals surface area contributed by atoms with Crippen LogP contribution in [0.25, 0.3) is 0 Å². The summed E-state index contributed by atoms with van der Waals surface area (Å²) < 4.78 is 11.2. The zero-order valence-corrected chi connectivity index (χ0v) is 17.2. The molecule has 1 aliphatic heterocycles. The highest BCUT2D eigenvalue weighted by Crippen LogP contribution is 2.26. The first-order valence-corrected chi connectivity index (χ1v) is 10.3. The Morgan fingerprint density at radius 1 is 1.23 bits per heavy atom. The SMILES string of the molecule is Cc1ccc(C(=O)N2CCCC(c3nc(CCOCc4ccccc4)no3)C2)cn1. The van der Waals surface area contributed by atoms with Crippen LogP contribution in [0.2, 0.25) is 0 Å². The summed E-state index contributed by atoms with van der Waals surface area (Å²) in [6, 6.07) is 13.7. The topological polar surface area (TPSA) is 81.4 Å². The third-order valence-corrected chi connectivity index (χ3v) is 5.28. The van der Waals surface area contributed by atoms with Gasteiger partial charge in [-0.25, -0.2) is 0 Å². The lowest BCUT2D eigenvalue weighted by atomic mass is 9.97. The Kier molecular flexibility index (Phi) is 6.49. The molecule has 0 N–H and O–H groups in total. The molecule has 0 saturated carbocycles. The van der Waals surface area contributed by atoms with Crippen LogP contribution in [0.15, 0.2) is 53.2 Å². The fourth-order valence-corrected chi connectivity index (χ4v) is 3.60. The van der Waals surface area contributed by atoms with Gasteiger partial charge in [-0.3, -0.25) is 9.78 Å². The third kappa shape index (κ3) is 5.10. The van der Waals surface area contributed by atoms with Crippen molar-refractivity contribution in [2.24, 2.45) is 0 Å². The number of hydrogen-bond acceptors (Lipinski definition) is 6. The predicted molar refractivity (Wildman–Crippen MR) is 111 cm³/mol. The lowest BCUT2D eigenvalue weighted by molar-refractivity contribution is 0.0695. The summed E-state index contributed by atoms with van der Waals surface area (Å²) in [7, 11) is 0. The standard InChI is InChI=1S/C23H26N4O3/c1-17-9-10-19(14-24-17)23(28)27-12-5-8-20(15-27)22-25-21(26-30-22)11-13-29-16-18-6-3-2-4-7-18/h2-4,6-7,9-10,14,20H,5,8,11-13,15-16H2,1H3. The first kappa shape index (κ1) is 20.2. The Morgan fingerprint density at radius 3 is 2.90 bits per heavy atom. The summed E-state index contributed by atoms with van der Waals surface area (Å²) >= 11 is 0. The summed E-state index contributed by atoms with van der Waals surface area (Å²) in [6.07, 6.45) is 4.08. The Morgan fingerprint density at radius 2 is 2.10 bits per heavy atom. The quantitative estimate of drug-likeness (QED) is 0.558. The Bertz CT molecular complexity index is 956. The number of rotatable bonds is 7. The third-order valence-electron chi connectivity index (χ3n) is 5.28. The number of piperidine rings is 1. The zero-order chi connectivity index (χ0) is 20.8. The maximum atomic E-state index is 12.8. The number of amides is 1. The molecular weight excluding hydrogens is 380 g/mol. The van der Waals surface area contributed by atoms with Gasteiger partial charge in [0.1, 0.15) is 0 Å². The number of carbonyl (C=O) groups is 1. The first-order valence-electron chi connectivity index (χ1n) is 10.3. The minimum absolute atomic E-state index is 0.00116. The van der Waals surface area contributed by atoms with Gasteiger partial charge in [-0.1, -0.05) is 35.5 Å². The van der Waals surface area contributed by atoms with Crippen LogP contribution in [-0.4, -0.2) is 45.6 Å². The molecular formula is C23H26N4O3. The number of ether oxygens (including phenoxy) is 1. The van der Waals surface area contributed by atoms with Crippen molar-refractivity contribution in [1.82, 2.24) is 20.0 Å². The summed E-state index contributed by atoms with van der Waals surface area (Å²) in [5, 5.41) is 4.09. The monoisotopic (exact) mass is 406 g/mol. The predicted octanol–water partition coefficient (Wildman–Crippen LogP) is 3.55. The molecule has 1 fully saturated rings. The zero-order valence-electron chi connectivity index (χ0n) is 17.2. The van der Waals surface area contributed by atoms with Crippen molar-refractivity contribution in [3.05, 3.63) is 77.2 Å². The second-order valence-electron chi connectivity index (χ2n) is 7.62. The molecule has 1 saturated heterocycles. The average Bonchev–Trinajstić information content (AvgIpc) is 3.27. The van der Waals surface area contributed by atoms with Gasteiger partial charge >= 0.3 is 0 Å². The molecule has 3 heterocycles. The number of pyridine rings is 1. The van der Waals surface area contributed by atoms with Crippen molar-refractivity contribution in [2.75, 3.05) is 19.7 Å². The largest absolute Gasteiger partial charge is 0.376 e. The van der Waals surface area contributed by atoms with E-state index in [-0.39, 0.29) is 11.8 Å². The molecule has 1 amide bonds. The van der Waals surface area contributed by atoms with Crippen LogP contribution in [0.5, 0.6) is 0 Å². The van der Waals surface area contributed by atoms with E-state index in [9.17, 15) is 4.79 Å². The molecule has 0 aliphatic carbocycles. The van der Waals surface area contributed by atoms with Gasteiger partial charge in [0.05, 0.1) is 24.7 Å². The molecule has 1 atom stereocenters. The molecule has 0 bridgehead atoms. The van der Waals surface area contributed by atoms with E-state index < -0.39 is 0 Å². The molecule has 4 rings (SSSR count). The van der Waals surface area contributed by atoms with Gasteiger partial charge in [0, 0.05) is 31.4 Å². The van der Waals surface area contributed by atoms with Crippen molar-refractivity contribution >= 4 is 5.91 Å². The number of carbonyl (C=O) groups excluding carboxylic acids is 1. The lowest BCUT2D eigenvalue weighted by Crippen LogP contribution is -2.39. The normalized spacial score (nSPS) is 16.6. The molecule has 2 aromatic heterocycles. The van der Waals surface area contributed by atoms with Gasteiger partial charge < -0.3 is 14.2 Å². The molecule has 1 aliphatic rings. The van der Waals surface area contributed by atoms with Crippen LogP contribution in [0, 0.1) is 6.92 Å². The fraction of sp³-hybridized carbons (Fsp3) is 0.391. The van der Waals surface area contributed by atoms with Gasteiger partial charge in [0.25, 0.3) is 5.91 Å². The molecule has 7 heteroatoms. The van der Waals surface area contributed by atoms with Crippen molar-refractivity contribution < 1.29 is 14.1 Å². The molecule has 30 heavy (non-hydrogen) atoms. The van der Waals surface area contributed by atoms with Crippen LogP contribution in [0.3, 0.4) is 0 Å². The first-order chi connectivity index (χ1) is 14.7. The molecule has 156 valence electrons. The highest BCUT2D eigenvalue weighted by Gasteiger charge is 2.29. The van der Waals surface area contributed by atoms with Gasteiger partial charge in [-0.05, 0) is 37.5 Å². The number of likely N-dealkylation sites (tertiary alicyclic amines) is 1. The molecule has 0 spiro atoms. The number of aromatic nitrogens is 3. The minimum Gasteiger partial charge on any atom is -0.376 e.